The quantitative estimate of drug-likeness (QED) is 0.564. The van der Waals surface area contributed by atoms with Gasteiger partial charge in [0.2, 0.25) is 11.8 Å². The van der Waals surface area contributed by atoms with E-state index in [0.717, 1.165) is 0 Å². The fourth-order valence-electron chi connectivity index (χ4n) is 1.25. The molecule has 0 aliphatic carbocycles. The number of nitrogens with one attached hydrogen (secondary N) is 1. The average Bonchev–Trinajstić information content (AvgIpc) is 2.36. The minimum atomic E-state index is -1.06. The lowest BCUT2D eigenvalue weighted by atomic mass is 10.2. The summed E-state index contributed by atoms with van der Waals surface area (Å²) in [5.74, 6) is -0.581. The topological polar surface area (TPSA) is 69.6 Å². The predicted molar refractivity (Wildman–Crippen MR) is 45.9 cm³/mol. The molecular formula is C8H14N2O3. The van der Waals surface area contributed by atoms with E-state index in [-0.39, 0.29) is 5.91 Å². The van der Waals surface area contributed by atoms with Crippen molar-refractivity contribution in [2.24, 2.45) is 0 Å². The molecule has 0 aromatic rings. The second-order valence-corrected chi connectivity index (χ2v) is 3.29. The summed E-state index contributed by atoms with van der Waals surface area (Å²) in [7, 11) is 1.69. The van der Waals surface area contributed by atoms with Crippen LogP contribution in [0.15, 0.2) is 0 Å². The van der Waals surface area contributed by atoms with Crippen LogP contribution in [-0.4, -0.2) is 47.6 Å². The van der Waals surface area contributed by atoms with Crippen molar-refractivity contribution in [2.45, 2.75) is 25.5 Å². The average molecular weight is 186 g/mol. The normalized spacial score (nSPS) is 24.7. The van der Waals surface area contributed by atoms with Gasteiger partial charge in [0.15, 0.2) is 0 Å². The monoisotopic (exact) mass is 186 g/mol. The van der Waals surface area contributed by atoms with Crippen LogP contribution in [-0.2, 0) is 9.59 Å². The number of likely N-dealkylation sites (tertiary alicyclic amines) is 1. The third kappa shape index (κ3) is 2.18. The van der Waals surface area contributed by atoms with E-state index < -0.39 is 18.1 Å². The summed E-state index contributed by atoms with van der Waals surface area (Å²) in [6.07, 6.45) is -0.438. The van der Waals surface area contributed by atoms with Gasteiger partial charge in [-0.3, -0.25) is 9.59 Å². The number of carbonyl (C=O) groups excluding carboxylic acids is 2. The standard InChI is InChI=1S/C8H14N2O3/c1-5(11)7(12)9-6-3-4-10(2)8(6)13/h5-6,11H,3-4H2,1-2H3,(H,9,12)/t5-,6?/m0/s1. The summed E-state index contributed by atoms with van der Waals surface area (Å²) < 4.78 is 0. The second kappa shape index (κ2) is 3.74. The fraction of sp³-hybridized carbons (Fsp3) is 0.750. The molecule has 2 atom stereocenters. The minimum absolute atomic E-state index is 0.0889. The predicted octanol–water partition coefficient (Wildman–Crippen LogP) is -1.29. The van der Waals surface area contributed by atoms with E-state index in [9.17, 15) is 9.59 Å². The first-order chi connectivity index (χ1) is 6.02. The van der Waals surface area contributed by atoms with Gasteiger partial charge < -0.3 is 15.3 Å². The fourth-order valence-corrected chi connectivity index (χ4v) is 1.25. The van der Waals surface area contributed by atoms with Crippen molar-refractivity contribution in [3.63, 3.8) is 0 Å². The van der Waals surface area contributed by atoms with E-state index in [1.807, 2.05) is 0 Å². The third-order valence-electron chi connectivity index (χ3n) is 2.12. The highest BCUT2D eigenvalue weighted by Gasteiger charge is 2.30. The molecule has 1 saturated heterocycles. The maximum Gasteiger partial charge on any atom is 0.249 e. The van der Waals surface area contributed by atoms with Crippen LogP contribution in [0.25, 0.3) is 0 Å². The number of rotatable bonds is 2. The Labute approximate surface area is 76.7 Å². The van der Waals surface area contributed by atoms with Crippen molar-refractivity contribution in [1.82, 2.24) is 10.2 Å². The van der Waals surface area contributed by atoms with Gasteiger partial charge in [-0.05, 0) is 13.3 Å². The molecule has 1 heterocycles. The van der Waals surface area contributed by atoms with Crippen molar-refractivity contribution in [1.29, 1.82) is 0 Å². The molecule has 0 aromatic carbocycles. The van der Waals surface area contributed by atoms with Crippen LogP contribution >= 0.6 is 0 Å². The molecule has 0 aromatic heterocycles. The largest absolute Gasteiger partial charge is 0.384 e. The Kier molecular flexibility index (Phi) is 2.87. The third-order valence-corrected chi connectivity index (χ3v) is 2.12. The highest BCUT2D eigenvalue weighted by molar-refractivity contribution is 5.90. The number of likely N-dealkylation sites (N-methyl/N-ethyl adjacent to an activating group) is 1. The molecule has 0 spiro atoms. The first-order valence-corrected chi connectivity index (χ1v) is 4.26. The number of carbonyl (C=O) groups is 2. The van der Waals surface area contributed by atoms with Crippen molar-refractivity contribution in [3.05, 3.63) is 0 Å². The van der Waals surface area contributed by atoms with Gasteiger partial charge in [-0.15, -0.1) is 0 Å². The SMILES string of the molecule is C[C@H](O)C(=O)NC1CCN(C)C1=O. The van der Waals surface area contributed by atoms with Gasteiger partial charge >= 0.3 is 0 Å². The molecule has 1 aliphatic heterocycles. The molecule has 0 bridgehead atoms. The van der Waals surface area contributed by atoms with Crippen LogP contribution in [0.4, 0.5) is 0 Å². The minimum Gasteiger partial charge on any atom is -0.384 e. The molecule has 2 N–H and O–H groups in total. The first kappa shape index (κ1) is 9.98. The van der Waals surface area contributed by atoms with E-state index in [4.69, 9.17) is 5.11 Å². The Bertz CT molecular complexity index is 227. The number of nitrogens with zero attached hydrogens (tertiary/aromatic N) is 1. The Morgan fingerprint density at radius 2 is 2.38 bits per heavy atom. The molecule has 0 radical (unpaired) electrons. The van der Waals surface area contributed by atoms with Gasteiger partial charge in [-0.2, -0.15) is 0 Å². The van der Waals surface area contributed by atoms with E-state index in [0.29, 0.717) is 13.0 Å². The van der Waals surface area contributed by atoms with Crippen LogP contribution in [0, 0.1) is 0 Å². The smallest absolute Gasteiger partial charge is 0.249 e. The molecule has 5 heteroatoms. The van der Waals surface area contributed by atoms with Crippen molar-refractivity contribution < 1.29 is 14.7 Å². The van der Waals surface area contributed by atoms with Gasteiger partial charge in [0.25, 0.3) is 0 Å². The lowest BCUT2D eigenvalue weighted by Gasteiger charge is -2.13. The lowest BCUT2D eigenvalue weighted by Crippen LogP contribution is -2.44. The first-order valence-electron chi connectivity index (χ1n) is 4.26. The van der Waals surface area contributed by atoms with E-state index in [1.165, 1.54) is 6.92 Å². The maximum absolute atomic E-state index is 11.3. The highest BCUT2D eigenvalue weighted by Crippen LogP contribution is 2.08. The van der Waals surface area contributed by atoms with E-state index in [2.05, 4.69) is 5.32 Å². The molecule has 5 nitrogen and oxygen atoms in total. The summed E-state index contributed by atoms with van der Waals surface area (Å²) in [5.41, 5.74) is 0. The van der Waals surface area contributed by atoms with E-state index >= 15 is 0 Å². The van der Waals surface area contributed by atoms with Crippen LogP contribution < -0.4 is 5.32 Å². The van der Waals surface area contributed by atoms with Gasteiger partial charge in [0.1, 0.15) is 12.1 Å². The van der Waals surface area contributed by atoms with Gasteiger partial charge in [0.05, 0.1) is 0 Å². The number of aliphatic hydroxyl groups is 1. The van der Waals surface area contributed by atoms with Gasteiger partial charge in [-0.1, -0.05) is 0 Å². The Morgan fingerprint density at radius 1 is 1.77 bits per heavy atom. The molecule has 1 aliphatic rings. The van der Waals surface area contributed by atoms with Crippen LogP contribution in [0.5, 0.6) is 0 Å². The van der Waals surface area contributed by atoms with Crippen molar-refractivity contribution in [3.8, 4) is 0 Å². The Morgan fingerprint density at radius 3 is 2.77 bits per heavy atom. The summed E-state index contributed by atoms with van der Waals surface area (Å²) in [6, 6.07) is -0.452. The number of hydrogen-bond acceptors (Lipinski definition) is 3. The van der Waals surface area contributed by atoms with Gasteiger partial charge in [0, 0.05) is 13.6 Å². The molecule has 13 heavy (non-hydrogen) atoms. The zero-order chi connectivity index (χ0) is 10.0. The lowest BCUT2D eigenvalue weighted by molar-refractivity contribution is -0.134. The molecule has 74 valence electrons. The molecular weight excluding hydrogens is 172 g/mol. The van der Waals surface area contributed by atoms with Crippen LogP contribution in [0.3, 0.4) is 0 Å². The molecule has 1 unspecified atom stereocenters. The number of amides is 2. The number of hydrogen-bond donors (Lipinski definition) is 2. The second-order valence-electron chi connectivity index (χ2n) is 3.29. The van der Waals surface area contributed by atoms with Crippen LogP contribution in [0.1, 0.15) is 13.3 Å². The van der Waals surface area contributed by atoms with Crippen LogP contribution in [0.2, 0.25) is 0 Å². The molecule has 2 amide bonds. The van der Waals surface area contributed by atoms with Crippen molar-refractivity contribution >= 4 is 11.8 Å². The Balaban J connectivity index is 2.47. The summed E-state index contributed by atoms with van der Waals surface area (Å²) in [5, 5.41) is 11.4. The summed E-state index contributed by atoms with van der Waals surface area (Å²) in [4.78, 5) is 23.9. The summed E-state index contributed by atoms with van der Waals surface area (Å²) >= 11 is 0. The maximum atomic E-state index is 11.3. The summed E-state index contributed by atoms with van der Waals surface area (Å²) in [6.45, 7) is 2.03. The number of aliphatic hydroxyl groups excluding tert-OH is 1. The molecule has 1 fully saturated rings. The Hall–Kier alpha value is -1.10. The van der Waals surface area contributed by atoms with Gasteiger partial charge in [-0.25, -0.2) is 0 Å². The molecule has 1 rings (SSSR count). The van der Waals surface area contributed by atoms with E-state index in [1.54, 1.807) is 11.9 Å². The molecule has 0 saturated carbocycles. The highest BCUT2D eigenvalue weighted by atomic mass is 16.3. The zero-order valence-corrected chi connectivity index (χ0v) is 7.78. The van der Waals surface area contributed by atoms with Crippen molar-refractivity contribution in [2.75, 3.05) is 13.6 Å². The zero-order valence-electron chi connectivity index (χ0n) is 7.78.